The minimum atomic E-state index is 0.0806. The second-order valence-corrected chi connectivity index (χ2v) is 9.45. The highest BCUT2D eigenvalue weighted by atomic mass is 16.5. The maximum absolute atomic E-state index is 9.52. The molecule has 1 fully saturated rings. The lowest BCUT2D eigenvalue weighted by molar-refractivity contribution is 0.0699. The van der Waals surface area contributed by atoms with E-state index in [-0.39, 0.29) is 18.6 Å². The smallest absolute Gasteiger partial charge is 0.222 e. The third-order valence-electron chi connectivity index (χ3n) is 6.66. The number of fused-ring (bicyclic) bond motifs is 1. The minimum Gasteiger partial charge on any atom is -0.496 e. The van der Waals surface area contributed by atoms with E-state index in [4.69, 9.17) is 20.3 Å². The normalized spacial score (nSPS) is 16.8. The van der Waals surface area contributed by atoms with Crippen molar-refractivity contribution in [2.24, 2.45) is 0 Å². The molecule has 5 N–H and O–H groups in total. The summed E-state index contributed by atoms with van der Waals surface area (Å²) in [6.07, 6.45) is 4.77. The number of anilines is 2. The molecule has 10 heteroatoms. The number of aromatic nitrogens is 4. The zero-order valence-corrected chi connectivity index (χ0v) is 21.6. The first-order valence-corrected chi connectivity index (χ1v) is 12.9. The molecule has 2 aromatic heterocycles. The van der Waals surface area contributed by atoms with E-state index in [0.29, 0.717) is 24.8 Å². The molecule has 0 bridgehead atoms. The molecule has 0 radical (unpaired) electrons. The summed E-state index contributed by atoms with van der Waals surface area (Å²) < 4.78 is 13.2. The molecule has 3 heterocycles. The number of aryl methyl sites for hydroxylation is 1. The Morgan fingerprint density at radius 1 is 1.31 bits per heavy atom. The Hall–Kier alpha value is -2.95. The van der Waals surface area contributed by atoms with Crippen LogP contribution in [0.1, 0.15) is 55.8 Å². The largest absolute Gasteiger partial charge is 0.496 e. The number of aliphatic hydroxyl groups excluding tert-OH is 1. The van der Waals surface area contributed by atoms with Crippen LogP contribution in [0.5, 0.6) is 5.75 Å². The van der Waals surface area contributed by atoms with Crippen LogP contribution in [0, 0.1) is 6.92 Å². The molecule has 0 amide bonds. The summed E-state index contributed by atoms with van der Waals surface area (Å²) in [5.41, 5.74) is 10.5. The van der Waals surface area contributed by atoms with Gasteiger partial charge in [0.2, 0.25) is 5.95 Å². The van der Waals surface area contributed by atoms with Gasteiger partial charge in [-0.1, -0.05) is 25.5 Å². The molecule has 10 nitrogen and oxygen atoms in total. The molecular formula is C26H39N7O3. The van der Waals surface area contributed by atoms with Gasteiger partial charge in [0, 0.05) is 37.4 Å². The first-order valence-electron chi connectivity index (χ1n) is 12.9. The van der Waals surface area contributed by atoms with Crippen LogP contribution in [0.15, 0.2) is 18.2 Å². The second-order valence-electron chi connectivity index (χ2n) is 9.45. The van der Waals surface area contributed by atoms with Gasteiger partial charge in [0.15, 0.2) is 5.82 Å². The third kappa shape index (κ3) is 6.24. The van der Waals surface area contributed by atoms with Gasteiger partial charge in [-0.05, 0) is 44.2 Å². The molecule has 1 aliphatic rings. The van der Waals surface area contributed by atoms with Crippen molar-refractivity contribution in [1.29, 1.82) is 0 Å². The van der Waals surface area contributed by atoms with Crippen molar-refractivity contribution in [1.82, 2.24) is 25.1 Å². The molecule has 0 spiro atoms. The molecule has 196 valence electrons. The number of nitrogens with zero attached hydrogens (tertiary/aromatic N) is 4. The number of aliphatic hydroxyl groups is 1. The van der Waals surface area contributed by atoms with Crippen LogP contribution in [-0.2, 0) is 17.8 Å². The van der Waals surface area contributed by atoms with Gasteiger partial charge in [-0.15, -0.1) is 0 Å². The standard InChI is InChI=1S/C26H39N7O3/c1-4-6-20(10-11-34)29-25-24-23(30-26(27)31-25)17(2)32-33(24)15-19-9-8-18(13-22(19)35-3)14-28-21-7-5-12-36-16-21/h8-9,13,20-21,28,34H,4-7,10-12,14-16H2,1-3H3,(H3,27,29,30,31)/t20-,21+/m0/s1. The van der Waals surface area contributed by atoms with E-state index in [2.05, 4.69) is 45.7 Å². The Morgan fingerprint density at radius 3 is 2.89 bits per heavy atom. The summed E-state index contributed by atoms with van der Waals surface area (Å²) in [6, 6.07) is 6.77. The van der Waals surface area contributed by atoms with Crippen molar-refractivity contribution >= 4 is 22.8 Å². The number of benzene rings is 1. The van der Waals surface area contributed by atoms with E-state index in [1.54, 1.807) is 7.11 Å². The number of methoxy groups -OCH3 is 1. The zero-order chi connectivity index (χ0) is 25.5. The average Bonchev–Trinajstić information content (AvgIpc) is 3.19. The highest BCUT2D eigenvalue weighted by Crippen LogP contribution is 2.28. The quantitative estimate of drug-likeness (QED) is 0.298. The van der Waals surface area contributed by atoms with E-state index in [0.717, 1.165) is 79.0 Å². The topological polar surface area (TPSA) is 132 Å². The van der Waals surface area contributed by atoms with Gasteiger partial charge in [-0.3, -0.25) is 4.68 Å². The molecule has 0 saturated carbocycles. The van der Waals surface area contributed by atoms with Gasteiger partial charge in [0.05, 0.1) is 26.0 Å². The van der Waals surface area contributed by atoms with Gasteiger partial charge >= 0.3 is 0 Å². The Morgan fingerprint density at radius 2 is 2.17 bits per heavy atom. The van der Waals surface area contributed by atoms with Crippen LogP contribution in [0.2, 0.25) is 0 Å². The highest BCUT2D eigenvalue weighted by molar-refractivity contribution is 5.88. The van der Waals surface area contributed by atoms with Gasteiger partial charge in [-0.25, -0.2) is 4.98 Å². The first-order chi connectivity index (χ1) is 17.5. The molecule has 4 rings (SSSR count). The Labute approximate surface area is 212 Å². The molecule has 1 saturated heterocycles. The number of ether oxygens (including phenoxy) is 2. The predicted octanol–water partition coefficient (Wildman–Crippen LogP) is 3.01. The molecule has 1 aliphatic heterocycles. The van der Waals surface area contributed by atoms with Crippen LogP contribution >= 0.6 is 0 Å². The Kier molecular flexibility index (Phi) is 8.95. The Bertz CT molecular complexity index is 1140. The van der Waals surface area contributed by atoms with E-state index in [9.17, 15) is 5.11 Å². The van der Waals surface area contributed by atoms with Crippen LogP contribution < -0.4 is 21.1 Å². The summed E-state index contributed by atoms with van der Waals surface area (Å²) in [4.78, 5) is 8.98. The lowest BCUT2D eigenvalue weighted by Crippen LogP contribution is -2.36. The maximum atomic E-state index is 9.52. The summed E-state index contributed by atoms with van der Waals surface area (Å²) in [5, 5.41) is 21.4. The summed E-state index contributed by atoms with van der Waals surface area (Å²) >= 11 is 0. The van der Waals surface area contributed by atoms with Gasteiger partial charge in [0.25, 0.3) is 0 Å². The van der Waals surface area contributed by atoms with Crippen molar-refractivity contribution in [2.75, 3.05) is 38.0 Å². The van der Waals surface area contributed by atoms with E-state index < -0.39 is 0 Å². The lowest BCUT2D eigenvalue weighted by Gasteiger charge is -2.23. The monoisotopic (exact) mass is 497 g/mol. The number of nitrogen functional groups attached to an aromatic ring is 1. The Balaban J connectivity index is 1.59. The SMILES string of the molecule is CCC[C@@H](CCO)Nc1nc(N)nc2c(C)nn(Cc3ccc(CN[C@@H]4CCCOC4)cc3OC)c12. The maximum Gasteiger partial charge on any atom is 0.222 e. The predicted molar refractivity (Wildman–Crippen MR) is 141 cm³/mol. The number of hydrogen-bond acceptors (Lipinski definition) is 9. The molecule has 2 atom stereocenters. The fraction of sp³-hybridized carbons (Fsp3) is 0.577. The van der Waals surface area contributed by atoms with Gasteiger partial charge in [0.1, 0.15) is 16.8 Å². The molecule has 0 aliphatic carbocycles. The lowest BCUT2D eigenvalue weighted by atomic mass is 10.1. The van der Waals surface area contributed by atoms with Gasteiger partial charge < -0.3 is 30.9 Å². The number of nitrogens with two attached hydrogens (primary N) is 1. The zero-order valence-electron chi connectivity index (χ0n) is 21.6. The number of rotatable bonds is 12. The van der Waals surface area contributed by atoms with Gasteiger partial charge in [-0.2, -0.15) is 10.1 Å². The average molecular weight is 498 g/mol. The van der Waals surface area contributed by atoms with E-state index in [1.807, 2.05) is 11.6 Å². The molecular weight excluding hydrogens is 458 g/mol. The summed E-state index contributed by atoms with van der Waals surface area (Å²) in [7, 11) is 1.69. The van der Waals surface area contributed by atoms with E-state index in [1.165, 1.54) is 0 Å². The molecule has 36 heavy (non-hydrogen) atoms. The van der Waals surface area contributed by atoms with Crippen molar-refractivity contribution < 1.29 is 14.6 Å². The number of nitrogens with one attached hydrogen (secondary N) is 2. The fourth-order valence-electron chi connectivity index (χ4n) is 4.80. The second kappa shape index (κ2) is 12.3. The summed E-state index contributed by atoms with van der Waals surface area (Å²) in [5.74, 6) is 1.65. The molecule has 1 aromatic carbocycles. The van der Waals surface area contributed by atoms with Crippen molar-refractivity contribution in [3.8, 4) is 5.75 Å². The number of hydrogen-bond donors (Lipinski definition) is 4. The van der Waals surface area contributed by atoms with Crippen molar-refractivity contribution in [3.63, 3.8) is 0 Å². The third-order valence-corrected chi connectivity index (χ3v) is 6.66. The van der Waals surface area contributed by atoms with Crippen LogP contribution in [0.25, 0.3) is 11.0 Å². The van der Waals surface area contributed by atoms with Crippen molar-refractivity contribution in [2.45, 2.75) is 71.1 Å². The highest BCUT2D eigenvalue weighted by Gasteiger charge is 2.20. The van der Waals surface area contributed by atoms with Crippen LogP contribution in [0.3, 0.4) is 0 Å². The minimum absolute atomic E-state index is 0.0806. The summed E-state index contributed by atoms with van der Waals surface area (Å²) in [6.45, 7) is 7.04. The van der Waals surface area contributed by atoms with Crippen LogP contribution in [-0.4, -0.2) is 63.9 Å². The first kappa shape index (κ1) is 26.1. The molecule has 0 unspecified atom stereocenters. The van der Waals surface area contributed by atoms with E-state index >= 15 is 0 Å². The van der Waals surface area contributed by atoms with Crippen LogP contribution in [0.4, 0.5) is 11.8 Å². The van der Waals surface area contributed by atoms with Crippen molar-refractivity contribution in [3.05, 3.63) is 35.0 Å². The molecule has 3 aromatic rings. The fourth-order valence-corrected chi connectivity index (χ4v) is 4.80.